The molecule has 1 amide bonds. The molecule has 3 rings (SSSR count). The number of carbonyl (C=O) groups excluding carboxylic acids is 1. The van der Waals surface area contributed by atoms with Gasteiger partial charge in [-0.1, -0.05) is 43.7 Å². The van der Waals surface area contributed by atoms with Crippen LogP contribution in [0.25, 0.3) is 5.57 Å². The number of amides is 1. The Balaban J connectivity index is 2.04. The van der Waals surface area contributed by atoms with Crippen molar-refractivity contribution in [3.05, 3.63) is 70.5 Å². The molecule has 4 nitrogen and oxygen atoms in total. The van der Waals surface area contributed by atoms with Gasteiger partial charge in [0.2, 0.25) is 5.91 Å². The van der Waals surface area contributed by atoms with Crippen molar-refractivity contribution in [2.75, 3.05) is 6.54 Å². The number of nitrogens with two attached hydrogens (primary N) is 1. The molecule has 2 atom stereocenters. The van der Waals surface area contributed by atoms with Gasteiger partial charge in [0.15, 0.2) is 0 Å². The van der Waals surface area contributed by atoms with Crippen molar-refractivity contribution in [2.45, 2.75) is 25.9 Å². The molecule has 1 aliphatic rings. The lowest BCUT2D eigenvalue weighted by atomic mass is 10.0. The van der Waals surface area contributed by atoms with Gasteiger partial charge in [0, 0.05) is 17.1 Å². The van der Waals surface area contributed by atoms with Gasteiger partial charge in [-0.25, -0.2) is 4.39 Å². The largest absolute Gasteiger partial charge is 0.508 e. The van der Waals surface area contributed by atoms with E-state index >= 15 is 0 Å². The highest BCUT2D eigenvalue weighted by Gasteiger charge is 2.35. The normalized spacial score (nSPS) is 17.9. The summed E-state index contributed by atoms with van der Waals surface area (Å²) in [4.78, 5) is 14.6. The second kappa shape index (κ2) is 7.71. The van der Waals surface area contributed by atoms with Gasteiger partial charge in [0.25, 0.3) is 0 Å². The van der Waals surface area contributed by atoms with Crippen LogP contribution in [0.4, 0.5) is 4.39 Å². The van der Waals surface area contributed by atoms with Crippen molar-refractivity contribution in [1.29, 1.82) is 0 Å². The number of rotatable bonds is 4. The Hall–Kier alpha value is -2.37. The van der Waals surface area contributed by atoms with Crippen molar-refractivity contribution >= 4 is 23.1 Å². The van der Waals surface area contributed by atoms with E-state index in [1.165, 1.54) is 12.1 Å². The minimum Gasteiger partial charge on any atom is -0.508 e. The molecule has 1 unspecified atom stereocenters. The van der Waals surface area contributed by atoms with Gasteiger partial charge in [-0.15, -0.1) is 0 Å². The maximum atomic E-state index is 14.4. The first-order valence-corrected chi connectivity index (χ1v) is 9.17. The van der Waals surface area contributed by atoms with Crippen LogP contribution in [0.15, 0.2) is 48.5 Å². The second-order valence-corrected chi connectivity index (χ2v) is 7.53. The van der Waals surface area contributed by atoms with Gasteiger partial charge in [-0.3, -0.25) is 4.79 Å². The van der Waals surface area contributed by atoms with E-state index in [0.29, 0.717) is 16.2 Å². The molecule has 3 N–H and O–H groups in total. The zero-order chi connectivity index (χ0) is 19.7. The summed E-state index contributed by atoms with van der Waals surface area (Å²) in [5.41, 5.74) is 7.84. The number of benzene rings is 2. The molecule has 27 heavy (non-hydrogen) atoms. The van der Waals surface area contributed by atoms with E-state index in [1.807, 2.05) is 26.0 Å². The third kappa shape index (κ3) is 3.99. The summed E-state index contributed by atoms with van der Waals surface area (Å²) < 4.78 is 14.4. The molecule has 0 aromatic heterocycles. The highest BCUT2D eigenvalue weighted by atomic mass is 35.5. The molecule has 1 aliphatic heterocycles. The van der Waals surface area contributed by atoms with E-state index in [4.69, 9.17) is 17.3 Å². The van der Waals surface area contributed by atoms with Crippen LogP contribution in [0.1, 0.15) is 31.0 Å². The van der Waals surface area contributed by atoms with Crippen molar-refractivity contribution in [3.8, 4) is 5.75 Å². The Morgan fingerprint density at radius 2 is 2.04 bits per heavy atom. The summed E-state index contributed by atoms with van der Waals surface area (Å²) in [7, 11) is 0. The Labute approximate surface area is 163 Å². The Kier molecular flexibility index (Phi) is 5.53. The highest BCUT2D eigenvalue weighted by molar-refractivity contribution is 6.30. The molecular weight excluding hydrogens is 367 g/mol. The molecule has 0 fully saturated rings. The molecule has 0 saturated carbocycles. The summed E-state index contributed by atoms with van der Waals surface area (Å²) >= 11 is 6.03. The molecule has 0 saturated heterocycles. The summed E-state index contributed by atoms with van der Waals surface area (Å²) in [6, 6.07) is 9.93. The monoisotopic (exact) mass is 388 g/mol. The van der Waals surface area contributed by atoms with E-state index in [9.17, 15) is 14.3 Å². The third-order valence-corrected chi connectivity index (χ3v) is 5.04. The van der Waals surface area contributed by atoms with Gasteiger partial charge in [-0.05, 0) is 47.4 Å². The van der Waals surface area contributed by atoms with Gasteiger partial charge >= 0.3 is 0 Å². The van der Waals surface area contributed by atoms with Crippen molar-refractivity contribution in [3.63, 3.8) is 0 Å². The van der Waals surface area contributed by atoms with Crippen LogP contribution < -0.4 is 5.73 Å². The first-order valence-electron chi connectivity index (χ1n) is 8.79. The topological polar surface area (TPSA) is 66.6 Å². The van der Waals surface area contributed by atoms with E-state index in [1.54, 1.807) is 29.2 Å². The first kappa shape index (κ1) is 19.4. The van der Waals surface area contributed by atoms with Gasteiger partial charge < -0.3 is 15.7 Å². The average Bonchev–Trinajstić information content (AvgIpc) is 3.07. The quantitative estimate of drug-likeness (QED) is 0.827. The van der Waals surface area contributed by atoms with Crippen LogP contribution in [0, 0.1) is 11.7 Å². The minimum atomic E-state index is -0.665. The van der Waals surface area contributed by atoms with Crippen molar-refractivity contribution in [2.24, 2.45) is 11.7 Å². The smallest absolute Gasteiger partial charge is 0.240 e. The van der Waals surface area contributed by atoms with E-state index in [-0.39, 0.29) is 24.1 Å². The molecule has 0 radical (unpaired) electrons. The van der Waals surface area contributed by atoms with Crippen molar-refractivity contribution < 1.29 is 14.3 Å². The first-order chi connectivity index (χ1) is 12.8. The lowest BCUT2D eigenvalue weighted by Gasteiger charge is -2.29. The molecule has 0 aliphatic carbocycles. The van der Waals surface area contributed by atoms with Crippen LogP contribution in [-0.4, -0.2) is 28.5 Å². The predicted molar refractivity (Wildman–Crippen MR) is 105 cm³/mol. The number of halogens is 2. The number of aromatic hydroxyl groups is 1. The zero-order valence-electron chi connectivity index (χ0n) is 15.2. The van der Waals surface area contributed by atoms with Crippen LogP contribution in [0.2, 0.25) is 5.02 Å². The number of carbonyl (C=O) groups is 1. The molecule has 2 aromatic carbocycles. The van der Waals surface area contributed by atoms with Crippen molar-refractivity contribution in [1.82, 2.24) is 4.90 Å². The number of phenolic OH excluding ortho intramolecular Hbond substituents is 1. The van der Waals surface area contributed by atoms with Gasteiger partial charge in [0.05, 0.1) is 12.1 Å². The number of hydrogen-bond acceptors (Lipinski definition) is 3. The zero-order valence-corrected chi connectivity index (χ0v) is 15.9. The fraction of sp³-hybridized carbons (Fsp3) is 0.286. The standard InChI is InChI=1S/C21H22ClFN2O2/c1-12(2)20(24)21(27)25-11-14(17-10-15(22)6-7-18(17)23)9-19(25)13-4-3-5-16(26)8-13/h3-10,12,19-20,26H,11,24H2,1-2H3/t19?,20-/m1/s1. The molecule has 142 valence electrons. The number of hydrogen-bond donors (Lipinski definition) is 2. The fourth-order valence-electron chi connectivity index (χ4n) is 3.21. The average molecular weight is 389 g/mol. The molecule has 6 heteroatoms. The molecule has 1 heterocycles. The Bertz CT molecular complexity index is 898. The minimum absolute atomic E-state index is 0.0331. The summed E-state index contributed by atoms with van der Waals surface area (Å²) in [6.07, 6.45) is 1.83. The maximum absolute atomic E-state index is 14.4. The SMILES string of the molecule is CC(C)[C@@H](N)C(=O)N1CC(c2cc(Cl)ccc2F)=CC1c1cccc(O)c1. The van der Waals surface area contributed by atoms with E-state index < -0.39 is 17.9 Å². The highest BCUT2D eigenvalue weighted by Crippen LogP contribution is 2.37. The second-order valence-electron chi connectivity index (χ2n) is 7.09. The Morgan fingerprint density at radius 3 is 2.70 bits per heavy atom. The molecule has 2 aromatic rings. The molecular formula is C21H22ClFN2O2. The summed E-state index contributed by atoms with van der Waals surface area (Å²) in [5, 5.41) is 10.3. The number of phenols is 1. The van der Waals surface area contributed by atoms with Crippen LogP contribution in [-0.2, 0) is 4.79 Å². The third-order valence-electron chi connectivity index (χ3n) is 4.81. The van der Waals surface area contributed by atoms with E-state index in [2.05, 4.69) is 0 Å². The van der Waals surface area contributed by atoms with Gasteiger partial charge in [0.1, 0.15) is 11.6 Å². The molecule has 0 spiro atoms. The number of nitrogens with zero attached hydrogens (tertiary/aromatic N) is 1. The van der Waals surface area contributed by atoms with E-state index in [0.717, 1.165) is 5.56 Å². The summed E-state index contributed by atoms with van der Waals surface area (Å²) in [6.45, 7) is 3.98. The fourth-order valence-corrected chi connectivity index (χ4v) is 3.38. The lowest BCUT2D eigenvalue weighted by Crippen LogP contribution is -2.46. The van der Waals surface area contributed by atoms with Crippen LogP contribution >= 0.6 is 11.6 Å². The van der Waals surface area contributed by atoms with Crippen LogP contribution in [0.3, 0.4) is 0 Å². The Morgan fingerprint density at radius 1 is 1.30 bits per heavy atom. The van der Waals surface area contributed by atoms with Gasteiger partial charge in [-0.2, -0.15) is 0 Å². The molecule has 0 bridgehead atoms. The summed E-state index contributed by atoms with van der Waals surface area (Å²) in [5.74, 6) is -0.548. The van der Waals surface area contributed by atoms with Crippen LogP contribution in [0.5, 0.6) is 5.75 Å². The maximum Gasteiger partial charge on any atom is 0.240 e. The lowest BCUT2D eigenvalue weighted by molar-refractivity contribution is -0.134. The predicted octanol–water partition coefficient (Wildman–Crippen LogP) is 4.13.